The average molecular weight is 436 g/mol. The fourth-order valence-corrected chi connectivity index (χ4v) is 3.99. The van der Waals surface area contributed by atoms with Gasteiger partial charge >= 0.3 is 0 Å². The molecule has 0 fully saturated rings. The topological polar surface area (TPSA) is 35.2 Å². The SMILES string of the molecule is Nc1cccc(COc2c(Br)cc(Br)cc2Br)c1. The van der Waals surface area contributed by atoms with Crippen LogP contribution in [0.25, 0.3) is 0 Å². The van der Waals surface area contributed by atoms with Crippen molar-refractivity contribution in [1.29, 1.82) is 0 Å². The van der Waals surface area contributed by atoms with Crippen molar-refractivity contribution in [3.63, 3.8) is 0 Å². The first-order valence-electron chi connectivity index (χ1n) is 5.18. The molecule has 0 saturated carbocycles. The normalized spacial score (nSPS) is 10.4. The van der Waals surface area contributed by atoms with Gasteiger partial charge in [0, 0.05) is 10.2 Å². The van der Waals surface area contributed by atoms with Crippen molar-refractivity contribution in [1.82, 2.24) is 0 Å². The second-order valence-corrected chi connectivity index (χ2v) is 6.36. The van der Waals surface area contributed by atoms with Gasteiger partial charge in [-0.15, -0.1) is 0 Å². The summed E-state index contributed by atoms with van der Waals surface area (Å²) in [4.78, 5) is 0. The van der Waals surface area contributed by atoms with E-state index in [1.165, 1.54) is 0 Å². The van der Waals surface area contributed by atoms with E-state index in [2.05, 4.69) is 47.8 Å². The molecular weight excluding hydrogens is 426 g/mol. The molecule has 18 heavy (non-hydrogen) atoms. The summed E-state index contributed by atoms with van der Waals surface area (Å²) in [6, 6.07) is 11.5. The monoisotopic (exact) mass is 433 g/mol. The molecule has 0 unspecified atom stereocenters. The minimum atomic E-state index is 0.476. The minimum Gasteiger partial charge on any atom is -0.487 e. The van der Waals surface area contributed by atoms with E-state index in [1.807, 2.05) is 36.4 Å². The van der Waals surface area contributed by atoms with Gasteiger partial charge in [0.2, 0.25) is 0 Å². The van der Waals surface area contributed by atoms with Crippen LogP contribution in [0, 0.1) is 0 Å². The number of benzene rings is 2. The minimum absolute atomic E-state index is 0.476. The predicted molar refractivity (Wildman–Crippen MR) is 84.7 cm³/mol. The van der Waals surface area contributed by atoms with E-state index in [0.29, 0.717) is 6.61 Å². The number of rotatable bonds is 3. The van der Waals surface area contributed by atoms with E-state index in [4.69, 9.17) is 10.5 Å². The largest absolute Gasteiger partial charge is 0.487 e. The second-order valence-electron chi connectivity index (χ2n) is 3.73. The molecule has 0 radical (unpaired) electrons. The third-order valence-electron chi connectivity index (χ3n) is 2.30. The van der Waals surface area contributed by atoms with Crippen LogP contribution in [0.4, 0.5) is 5.69 Å². The van der Waals surface area contributed by atoms with Gasteiger partial charge in [-0.05, 0) is 61.7 Å². The van der Waals surface area contributed by atoms with Gasteiger partial charge in [0.25, 0.3) is 0 Å². The molecule has 2 rings (SSSR count). The average Bonchev–Trinajstić information content (AvgIpc) is 2.27. The standard InChI is InChI=1S/C13H10Br3NO/c14-9-5-11(15)13(12(16)6-9)18-7-8-2-1-3-10(17)4-8/h1-6H,7,17H2. The van der Waals surface area contributed by atoms with Gasteiger partial charge in [-0.1, -0.05) is 28.1 Å². The summed E-state index contributed by atoms with van der Waals surface area (Å²) in [7, 11) is 0. The Bertz CT molecular complexity index is 549. The molecule has 2 N–H and O–H groups in total. The summed E-state index contributed by atoms with van der Waals surface area (Å²) in [5.41, 5.74) is 7.51. The van der Waals surface area contributed by atoms with Crippen LogP contribution in [0.3, 0.4) is 0 Å². The molecule has 0 heterocycles. The highest BCUT2D eigenvalue weighted by molar-refractivity contribution is 9.11. The zero-order valence-electron chi connectivity index (χ0n) is 9.29. The Morgan fingerprint density at radius 1 is 1.00 bits per heavy atom. The summed E-state index contributed by atoms with van der Waals surface area (Å²) in [6.07, 6.45) is 0. The number of hydrogen-bond acceptors (Lipinski definition) is 2. The number of anilines is 1. The van der Waals surface area contributed by atoms with Crippen molar-refractivity contribution in [2.45, 2.75) is 6.61 Å². The summed E-state index contributed by atoms with van der Waals surface area (Å²) in [6.45, 7) is 0.476. The van der Waals surface area contributed by atoms with Gasteiger partial charge in [-0.25, -0.2) is 0 Å². The predicted octanol–water partition coefficient (Wildman–Crippen LogP) is 5.14. The maximum atomic E-state index is 5.79. The van der Waals surface area contributed by atoms with Gasteiger partial charge in [0.1, 0.15) is 12.4 Å². The lowest BCUT2D eigenvalue weighted by Gasteiger charge is -2.11. The molecule has 0 spiro atoms. The van der Waals surface area contributed by atoms with E-state index >= 15 is 0 Å². The molecule has 0 aliphatic heterocycles. The zero-order chi connectivity index (χ0) is 13.1. The van der Waals surface area contributed by atoms with E-state index in [9.17, 15) is 0 Å². The summed E-state index contributed by atoms with van der Waals surface area (Å²) >= 11 is 10.4. The number of nitrogen functional groups attached to an aromatic ring is 1. The molecule has 0 bridgehead atoms. The number of nitrogens with two attached hydrogens (primary N) is 1. The third-order valence-corrected chi connectivity index (χ3v) is 3.93. The Hall–Kier alpha value is -0.520. The Balaban J connectivity index is 2.16. The van der Waals surface area contributed by atoms with Crippen LogP contribution in [-0.4, -0.2) is 0 Å². The van der Waals surface area contributed by atoms with Gasteiger partial charge in [0.15, 0.2) is 0 Å². The Labute approximate surface area is 131 Å². The van der Waals surface area contributed by atoms with Gasteiger partial charge in [-0.2, -0.15) is 0 Å². The summed E-state index contributed by atoms with van der Waals surface area (Å²) in [5, 5.41) is 0. The number of hydrogen-bond donors (Lipinski definition) is 1. The van der Waals surface area contributed by atoms with Crippen molar-refractivity contribution in [2.24, 2.45) is 0 Å². The first-order chi connectivity index (χ1) is 8.56. The Kier molecular flexibility index (Phi) is 4.70. The lowest BCUT2D eigenvalue weighted by Crippen LogP contribution is -1.98. The highest BCUT2D eigenvalue weighted by Crippen LogP contribution is 2.36. The summed E-state index contributed by atoms with van der Waals surface area (Å²) in [5.74, 6) is 0.778. The maximum Gasteiger partial charge on any atom is 0.148 e. The van der Waals surface area contributed by atoms with E-state index in [-0.39, 0.29) is 0 Å². The van der Waals surface area contributed by atoms with Crippen LogP contribution in [0.2, 0.25) is 0 Å². The molecular formula is C13H10Br3NO. The van der Waals surface area contributed by atoms with Crippen LogP contribution in [-0.2, 0) is 6.61 Å². The molecule has 0 saturated heterocycles. The third kappa shape index (κ3) is 3.49. The van der Waals surface area contributed by atoms with Gasteiger partial charge < -0.3 is 10.5 Å². The van der Waals surface area contributed by atoms with Crippen molar-refractivity contribution >= 4 is 53.5 Å². The van der Waals surface area contributed by atoms with E-state index < -0.39 is 0 Å². The molecule has 0 aliphatic carbocycles. The smallest absolute Gasteiger partial charge is 0.148 e. The molecule has 0 atom stereocenters. The van der Waals surface area contributed by atoms with Crippen molar-refractivity contribution in [3.05, 3.63) is 55.4 Å². The van der Waals surface area contributed by atoms with Crippen molar-refractivity contribution < 1.29 is 4.74 Å². The van der Waals surface area contributed by atoms with Crippen LogP contribution in [0.15, 0.2) is 49.8 Å². The van der Waals surface area contributed by atoms with E-state index in [0.717, 1.165) is 30.4 Å². The van der Waals surface area contributed by atoms with Gasteiger partial charge in [-0.3, -0.25) is 0 Å². The number of halogens is 3. The van der Waals surface area contributed by atoms with Crippen molar-refractivity contribution in [2.75, 3.05) is 5.73 Å². The fraction of sp³-hybridized carbons (Fsp3) is 0.0769. The molecule has 2 nitrogen and oxygen atoms in total. The molecule has 0 aliphatic rings. The molecule has 94 valence electrons. The Morgan fingerprint density at radius 2 is 1.67 bits per heavy atom. The Morgan fingerprint density at radius 3 is 2.28 bits per heavy atom. The molecule has 2 aromatic rings. The van der Waals surface area contributed by atoms with Crippen LogP contribution >= 0.6 is 47.8 Å². The summed E-state index contributed by atoms with van der Waals surface area (Å²) < 4.78 is 8.57. The van der Waals surface area contributed by atoms with Gasteiger partial charge in [0.05, 0.1) is 8.95 Å². The highest BCUT2D eigenvalue weighted by atomic mass is 79.9. The highest BCUT2D eigenvalue weighted by Gasteiger charge is 2.08. The van der Waals surface area contributed by atoms with E-state index in [1.54, 1.807) is 0 Å². The molecule has 5 heteroatoms. The first-order valence-corrected chi connectivity index (χ1v) is 7.56. The molecule has 0 aromatic heterocycles. The second kappa shape index (κ2) is 6.08. The van der Waals surface area contributed by atoms with Crippen LogP contribution < -0.4 is 10.5 Å². The van der Waals surface area contributed by atoms with Crippen LogP contribution in [0.1, 0.15) is 5.56 Å². The lowest BCUT2D eigenvalue weighted by atomic mass is 10.2. The fourth-order valence-electron chi connectivity index (χ4n) is 1.51. The van der Waals surface area contributed by atoms with Crippen molar-refractivity contribution in [3.8, 4) is 5.75 Å². The molecule has 0 amide bonds. The van der Waals surface area contributed by atoms with Crippen LogP contribution in [0.5, 0.6) is 5.75 Å². The number of ether oxygens (including phenoxy) is 1. The first kappa shape index (κ1) is 13.9. The maximum absolute atomic E-state index is 5.79. The lowest BCUT2D eigenvalue weighted by molar-refractivity contribution is 0.302. The molecule has 2 aromatic carbocycles. The quantitative estimate of drug-likeness (QED) is 0.678. The zero-order valence-corrected chi connectivity index (χ0v) is 14.0.